The molecule has 4 rings (SSSR count). The van der Waals surface area contributed by atoms with Crippen LogP contribution in [0.1, 0.15) is 16.4 Å². The van der Waals surface area contributed by atoms with Gasteiger partial charge in [0.25, 0.3) is 11.5 Å². The molecule has 0 atom stereocenters. The summed E-state index contributed by atoms with van der Waals surface area (Å²) in [6, 6.07) is 17.5. The van der Waals surface area contributed by atoms with E-state index in [2.05, 4.69) is 10.3 Å². The first-order valence-electron chi connectivity index (χ1n) is 8.07. The van der Waals surface area contributed by atoms with Crippen LogP contribution in [-0.2, 0) is 0 Å². The third-order valence-electron chi connectivity index (χ3n) is 4.05. The summed E-state index contributed by atoms with van der Waals surface area (Å²) in [7, 11) is 0. The van der Waals surface area contributed by atoms with Crippen molar-refractivity contribution in [2.75, 3.05) is 5.32 Å². The van der Waals surface area contributed by atoms with E-state index in [1.54, 1.807) is 49.4 Å². The van der Waals surface area contributed by atoms with Crippen molar-refractivity contribution in [3.8, 4) is 5.69 Å². The van der Waals surface area contributed by atoms with Gasteiger partial charge in [-0.1, -0.05) is 18.2 Å². The summed E-state index contributed by atoms with van der Waals surface area (Å²) in [6.45, 7) is 1.78. The molecule has 26 heavy (non-hydrogen) atoms. The molecule has 1 N–H and O–H groups in total. The molecule has 2 aromatic carbocycles. The van der Waals surface area contributed by atoms with E-state index in [9.17, 15) is 9.59 Å². The number of carbonyl (C=O) groups is 1. The molecule has 0 spiro atoms. The second-order valence-electron chi connectivity index (χ2n) is 5.80. The van der Waals surface area contributed by atoms with E-state index >= 15 is 0 Å². The van der Waals surface area contributed by atoms with E-state index < -0.39 is 0 Å². The van der Waals surface area contributed by atoms with E-state index in [-0.39, 0.29) is 17.2 Å². The largest absolute Gasteiger partial charge is 0.459 e. The average molecular weight is 345 g/mol. The topological polar surface area (TPSA) is 77.1 Å². The number of furan rings is 1. The first-order chi connectivity index (χ1) is 12.6. The van der Waals surface area contributed by atoms with Crippen LogP contribution in [-0.4, -0.2) is 15.5 Å². The highest BCUT2D eigenvalue weighted by Gasteiger charge is 2.12. The van der Waals surface area contributed by atoms with E-state index in [0.717, 1.165) is 0 Å². The number of anilines is 1. The molecular weight excluding hydrogens is 330 g/mol. The molecule has 0 aliphatic heterocycles. The van der Waals surface area contributed by atoms with Crippen molar-refractivity contribution in [2.45, 2.75) is 6.92 Å². The lowest BCUT2D eigenvalue weighted by Gasteiger charge is -2.12. The molecule has 0 saturated heterocycles. The molecule has 128 valence electrons. The van der Waals surface area contributed by atoms with Crippen LogP contribution in [0.15, 0.2) is 76.1 Å². The highest BCUT2D eigenvalue weighted by atomic mass is 16.3. The number of amides is 1. The van der Waals surface area contributed by atoms with Crippen LogP contribution in [0.5, 0.6) is 0 Å². The Hall–Kier alpha value is -3.67. The lowest BCUT2D eigenvalue weighted by atomic mass is 10.2. The average Bonchev–Trinajstić information content (AvgIpc) is 3.17. The first-order valence-corrected chi connectivity index (χ1v) is 8.07. The third-order valence-corrected chi connectivity index (χ3v) is 4.05. The fraction of sp³-hybridized carbons (Fsp3) is 0.0500. The lowest BCUT2D eigenvalue weighted by molar-refractivity contribution is 0.0996. The number of nitrogens with zero attached hydrogens (tertiary/aromatic N) is 2. The van der Waals surface area contributed by atoms with Crippen molar-refractivity contribution in [2.24, 2.45) is 0 Å². The summed E-state index contributed by atoms with van der Waals surface area (Å²) in [6.07, 6.45) is 1.44. The van der Waals surface area contributed by atoms with Gasteiger partial charge in [-0.15, -0.1) is 0 Å². The molecule has 0 fully saturated rings. The molecule has 2 aromatic heterocycles. The second-order valence-corrected chi connectivity index (χ2v) is 5.80. The van der Waals surface area contributed by atoms with E-state index in [1.165, 1.54) is 10.8 Å². The Balaban J connectivity index is 1.76. The Morgan fingerprint density at radius 3 is 2.73 bits per heavy atom. The van der Waals surface area contributed by atoms with Crippen LogP contribution in [0.4, 0.5) is 5.69 Å². The van der Waals surface area contributed by atoms with E-state index in [1.807, 2.05) is 18.2 Å². The van der Waals surface area contributed by atoms with Gasteiger partial charge in [0.15, 0.2) is 5.76 Å². The minimum atomic E-state index is -0.354. The smallest absolute Gasteiger partial charge is 0.291 e. The quantitative estimate of drug-likeness (QED) is 0.616. The summed E-state index contributed by atoms with van der Waals surface area (Å²) >= 11 is 0. The summed E-state index contributed by atoms with van der Waals surface area (Å²) < 4.78 is 6.62. The molecule has 0 saturated carbocycles. The maximum atomic E-state index is 12.9. The molecule has 0 aliphatic rings. The van der Waals surface area contributed by atoms with Gasteiger partial charge in [-0.3, -0.25) is 14.2 Å². The van der Waals surface area contributed by atoms with Crippen molar-refractivity contribution >= 4 is 22.5 Å². The number of aryl methyl sites for hydroxylation is 1. The standard InChI is InChI=1S/C20H15N3O3/c1-13-21-17-9-3-2-8-16(17)20(25)23(13)15-7-4-6-14(12-15)22-19(24)18-10-5-11-26-18/h2-12H,1H3,(H,22,24). The molecule has 0 radical (unpaired) electrons. The zero-order valence-corrected chi connectivity index (χ0v) is 14.0. The molecule has 0 aliphatic carbocycles. The number of hydrogen-bond donors (Lipinski definition) is 1. The highest BCUT2D eigenvalue weighted by Crippen LogP contribution is 2.17. The van der Waals surface area contributed by atoms with Gasteiger partial charge in [-0.05, 0) is 49.4 Å². The predicted octanol–water partition coefficient (Wildman–Crippen LogP) is 3.54. The number of hydrogen-bond acceptors (Lipinski definition) is 4. The molecule has 0 bridgehead atoms. The molecule has 0 unspecified atom stereocenters. The van der Waals surface area contributed by atoms with Crippen LogP contribution in [0.3, 0.4) is 0 Å². The summed E-state index contributed by atoms with van der Waals surface area (Å²) in [5.41, 5.74) is 1.70. The zero-order valence-electron chi connectivity index (χ0n) is 14.0. The van der Waals surface area contributed by atoms with Gasteiger partial charge in [0.05, 0.1) is 22.9 Å². The first kappa shape index (κ1) is 15.8. The minimum Gasteiger partial charge on any atom is -0.459 e. The SMILES string of the molecule is Cc1nc2ccccc2c(=O)n1-c1cccc(NC(=O)c2ccco2)c1. The number of para-hydroxylation sites is 1. The zero-order chi connectivity index (χ0) is 18.1. The monoisotopic (exact) mass is 345 g/mol. The van der Waals surface area contributed by atoms with Gasteiger partial charge >= 0.3 is 0 Å². The van der Waals surface area contributed by atoms with Gasteiger partial charge in [-0.2, -0.15) is 0 Å². The maximum Gasteiger partial charge on any atom is 0.291 e. The fourth-order valence-electron chi connectivity index (χ4n) is 2.87. The molecular formula is C20H15N3O3. The number of carbonyl (C=O) groups excluding carboxylic acids is 1. The van der Waals surface area contributed by atoms with E-state index in [0.29, 0.717) is 28.1 Å². The third kappa shape index (κ3) is 2.77. The van der Waals surface area contributed by atoms with Crippen molar-refractivity contribution < 1.29 is 9.21 Å². The van der Waals surface area contributed by atoms with Crippen LogP contribution in [0.25, 0.3) is 16.6 Å². The minimum absolute atomic E-state index is 0.150. The van der Waals surface area contributed by atoms with E-state index in [4.69, 9.17) is 4.42 Å². The van der Waals surface area contributed by atoms with Crippen LogP contribution < -0.4 is 10.9 Å². The fourth-order valence-corrected chi connectivity index (χ4v) is 2.87. The van der Waals surface area contributed by atoms with Crippen molar-refractivity contribution in [1.82, 2.24) is 9.55 Å². The van der Waals surface area contributed by atoms with Gasteiger partial charge in [0.2, 0.25) is 0 Å². The second kappa shape index (κ2) is 6.33. The molecule has 6 heteroatoms. The Morgan fingerprint density at radius 2 is 1.92 bits per heavy atom. The molecule has 4 aromatic rings. The Labute approximate surface area is 148 Å². The molecule has 6 nitrogen and oxygen atoms in total. The van der Waals surface area contributed by atoms with Crippen LogP contribution >= 0.6 is 0 Å². The predicted molar refractivity (Wildman–Crippen MR) is 98.7 cm³/mol. The molecule has 1 amide bonds. The Morgan fingerprint density at radius 1 is 1.08 bits per heavy atom. The van der Waals surface area contributed by atoms with Crippen LogP contribution in [0.2, 0.25) is 0 Å². The number of fused-ring (bicyclic) bond motifs is 1. The number of benzene rings is 2. The van der Waals surface area contributed by atoms with Gasteiger partial charge in [-0.25, -0.2) is 4.98 Å². The van der Waals surface area contributed by atoms with Crippen LogP contribution in [0, 0.1) is 6.92 Å². The van der Waals surface area contributed by atoms with Crippen molar-refractivity contribution in [3.05, 3.63) is 88.9 Å². The Kier molecular flexibility index (Phi) is 3.85. The number of rotatable bonds is 3. The normalized spacial score (nSPS) is 10.8. The van der Waals surface area contributed by atoms with Gasteiger partial charge in [0, 0.05) is 5.69 Å². The van der Waals surface area contributed by atoms with Crippen molar-refractivity contribution in [1.29, 1.82) is 0 Å². The maximum absolute atomic E-state index is 12.9. The van der Waals surface area contributed by atoms with Gasteiger partial charge < -0.3 is 9.73 Å². The number of nitrogens with one attached hydrogen (secondary N) is 1. The van der Waals surface area contributed by atoms with Gasteiger partial charge in [0.1, 0.15) is 5.82 Å². The molecule has 2 heterocycles. The highest BCUT2D eigenvalue weighted by molar-refractivity contribution is 6.02. The van der Waals surface area contributed by atoms with Crippen molar-refractivity contribution in [3.63, 3.8) is 0 Å². The summed E-state index contributed by atoms with van der Waals surface area (Å²) in [5, 5.41) is 3.31. The summed E-state index contributed by atoms with van der Waals surface area (Å²) in [4.78, 5) is 29.5. The lowest BCUT2D eigenvalue weighted by Crippen LogP contribution is -2.22. The number of aromatic nitrogens is 2. The Bertz CT molecular complexity index is 1160. The summed E-state index contributed by atoms with van der Waals surface area (Å²) in [5.74, 6) is 0.437.